The van der Waals surface area contributed by atoms with Crippen molar-refractivity contribution in [2.45, 2.75) is 26.2 Å². The van der Waals surface area contributed by atoms with Crippen LogP contribution in [0.2, 0.25) is 0 Å². The predicted octanol–water partition coefficient (Wildman–Crippen LogP) is 1.67. The summed E-state index contributed by atoms with van der Waals surface area (Å²) < 4.78 is 21.5. The number of ether oxygens (including phenoxy) is 1. The van der Waals surface area contributed by atoms with Gasteiger partial charge >= 0.3 is 5.97 Å². The van der Waals surface area contributed by atoms with Crippen LogP contribution in [0.3, 0.4) is 0 Å². The number of benzene rings is 1. The predicted molar refractivity (Wildman–Crippen MR) is 92.9 cm³/mol. The molecule has 0 aliphatic carbocycles. The number of hydrogen-bond donors (Lipinski definition) is 0. The first kappa shape index (κ1) is 17.0. The molecular formula is C17H16FN7O2. The zero-order valence-corrected chi connectivity index (χ0v) is 14.8. The van der Waals surface area contributed by atoms with E-state index in [1.54, 1.807) is 12.1 Å². The summed E-state index contributed by atoms with van der Waals surface area (Å²) in [4.78, 5) is 16.1. The van der Waals surface area contributed by atoms with Crippen molar-refractivity contribution < 1.29 is 13.9 Å². The number of fused-ring (bicyclic) bond motifs is 3. The molecule has 1 aromatic carbocycles. The van der Waals surface area contributed by atoms with Gasteiger partial charge in [0, 0.05) is 6.42 Å². The first-order valence-corrected chi connectivity index (χ1v) is 8.43. The van der Waals surface area contributed by atoms with Crippen LogP contribution in [0.15, 0.2) is 24.3 Å². The molecule has 0 N–H and O–H groups in total. The van der Waals surface area contributed by atoms with E-state index < -0.39 is 11.8 Å². The van der Waals surface area contributed by atoms with E-state index in [1.807, 2.05) is 6.92 Å². The smallest absolute Gasteiger partial charge is 0.311 e. The van der Waals surface area contributed by atoms with Gasteiger partial charge in [0.1, 0.15) is 11.5 Å². The van der Waals surface area contributed by atoms with Gasteiger partial charge in [0.25, 0.3) is 5.78 Å². The number of carbonyl (C=O) groups excluding carboxylic acids is 1. The molecule has 0 spiro atoms. The standard InChI is InChI=1S/C17H16FN7O2/c1-3-5-13-19-17-21-20-15-12(9-14(26)27-2)22-24(16(15)25(17)23-13)11-7-4-6-10(18)8-11/h4,6-8H,3,5,9H2,1-2H3. The van der Waals surface area contributed by atoms with Crippen molar-refractivity contribution in [2.75, 3.05) is 7.11 Å². The molecule has 138 valence electrons. The number of nitrogens with zero attached hydrogens (tertiary/aromatic N) is 7. The van der Waals surface area contributed by atoms with Crippen LogP contribution in [-0.4, -0.2) is 47.7 Å². The highest BCUT2D eigenvalue weighted by Gasteiger charge is 2.21. The summed E-state index contributed by atoms with van der Waals surface area (Å²) in [6.07, 6.45) is 1.48. The average Bonchev–Trinajstić information content (AvgIpc) is 3.23. The summed E-state index contributed by atoms with van der Waals surface area (Å²) in [6.45, 7) is 2.03. The summed E-state index contributed by atoms with van der Waals surface area (Å²) in [6, 6.07) is 5.96. The maximum absolute atomic E-state index is 13.8. The number of carbonyl (C=O) groups is 1. The molecule has 0 aliphatic rings. The summed E-state index contributed by atoms with van der Waals surface area (Å²) in [5.74, 6) is 0.0658. The van der Waals surface area contributed by atoms with E-state index in [9.17, 15) is 9.18 Å². The lowest BCUT2D eigenvalue weighted by molar-refractivity contribution is -0.139. The number of aromatic nitrogens is 7. The van der Waals surface area contributed by atoms with Crippen molar-refractivity contribution >= 4 is 22.9 Å². The van der Waals surface area contributed by atoms with E-state index in [4.69, 9.17) is 4.74 Å². The van der Waals surface area contributed by atoms with Crippen LogP contribution < -0.4 is 0 Å². The Morgan fingerprint density at radius 2 is 2.11 bits per heavy atom. The van der Waals surface area contributed by atoms with Gasteiger partial charge in [-0.15, -0.1) is 15.3 Å². The Balaban J connectivity index is 2.01. The highest BCUT2D eigenvalue weighted by Crippen LogP contribution is 2.22. The minimum atomic E-state index is -0.465. The van der Waals surface area contributed by atoms with E-state index in [-0.39, 0.29) is 6.42 Å². The minimum absolute atomic E-state index is 0.0913. The van der Waals surface area contributed by atoms with Gasteiger partial charge in [0.2, 0.25) is 0 Å². The van der Waals surface area contributed by atoms with Crippen LogP contribution in [0.4, 0.5) is 4.39 Å². The van der Waals surface area contributed by atoms with Gasteiger partial charge in [0.05, 0.1) is 19.2 Å². The third kappa shape index (κ3) is 2.98. The Hall–Kier alpha value is -3.43. The van der Waals surface area contributed by atoms with Crippen LogP contribution >= 0.6 is 0 Å². The van der Waals surface area contributed by atoms with Crippen LogP contribution in [0.1, 0.15) is 24.9 Å². The van der Waals surface area contributed by atoms with Gasteiger partial charge in [0.15, 0.2) is 17.0 Å². The molecule has 0 atom stereocenters. The summed E-state index contributed by atoms with van der Waals surface area (Å²) in [5, 5.41) is 17.2. The topological polar surface area (TPSA) is 100 Å². The number of rotatable bonds is 5. The highest BCUT2D eigenvalue weighted by atomic mass is 19.1. The molecular weight excluding hydrogens is 353 g/mol. The highest BCUT2D eigenvalue weighted by molar-refractivity contribution is 5.82. The second kappa shape index (κ2) is 6.71. The molecule has 3 heterocycles. The normalized spacial score (nSPS) is 11.4. The molecule has 0 fully saturated rings. The fourth-order valence-corrected chi connectivity index (χ4v) is 2.83. The van der Waals surface area contributed by atoms with Gasteiger partial charge in [-0.2, -0.15) is 14.6 Å². The third-order valence-electron chi connectivity index (χ3n) is 4.05. The van der Waals surface area contributed by atoms with Gasteiger partial charge in [-0.3, -0.25) is 4.79 Å². The molecule has 10 heteroatoms. The van der Waals surface area contributed by atoms with Crippen molar-refractivity contribution in [3.63, 3.8) is 0 Å². The molecule has 3 aromatic heterocycles. The van der Waals surface area contributed by atoms with Crippen LogP contribution in [-0.2, 0) is 22.4 Å². The molecule has 0 saturated heterocycles. The van der Waals surface area contributed by atoms with E-state index in [2.05, 4.69) is 25.4 Å². The lowest BCUT2D eigenvalue weighted by Gasteiger charge is -2.03. The van der Waals surface area contributed by atoms with E-state index in [0.717, 1.165) is 6.42 Å². The van der Waals surface area contributed by atoms with Crippen molar-refractivity contribution in [1.29, 1.82) is 0 Å². The molecule has 4 rings (SSSR count). The summed E-state index contributed by atoms with van der Waals surface area (Å²) in [5.41, 5.74) is 1.67. The fraction of sp³-hybridized carbons (Fsp3) is 0.294. The zero-order valence-electron chi connectivity index (χ0n) is 14.8. The number of esters is 1. The molecule has 9 nitrogen and oxygen atoms in total. The summed E-state index contributed by atoms with van der Waals surface area (Å²) >= 11 is 0. The van der Waals surface area contributed by atoms with Crippen LogP contribution in [0.5, 0.6) is 0 Å². The SMILES string of the molecule is CCCc1nc2nnc3c(CC(=O)OC)nn(-c4cccc(F)c4)c3n2n1. The van der Waals surface area contributed by atoms with E-state index in [0.29, 0.717) is 40.6 Å². The fourth-order valence-electron chi connectivity index (χ4n) is 2.83. The number of hydrogen-bond acceptors (Lipinski definition) is 7. The van der Waals surface area contributed by atoms with Crippen molar-refractivity contribution in [3.8, 4) is 5.69 Å². The quantitative estimate of drug-likeness (QED) is 0.493. The van der Waals surface area contributed by atoms with Gasteiger partial charge < -0.3 is 4.74 Å². The molecule has 0 radical (unpaired) electrons. The Morgan fingerprint density at radius 1 is 1.26 bits per heavy atom. The molecule has 0 saturated carbocycles. The Kier molecular flexibility index (Phi) is 4.22. The maximum Gasteiger partial charge on any atom is 0.311 e. The van der Waals surface area contributed by atoms with Gasteiger partial charge in [-0.1, -0.05) is 13.0 Å². The van der Waals surface area contributed by atoms with Gasteiger partial charge in [-0.25, -0.2) is 9.07 Å². The Morgan fingerprint density at radius 3 is 2.85 bits per heavy atom. The summed E-state index contributed by atoms with van der Waals surface area (Å²) in [7, 11) is 1.30. The van der Waals surface area contributed by atoms with Crippen LogP contribution in [0.25, 0.3) is 22.6 Å². The Labute approximate surface area is 152 Å². The second-order valence-electron chi connectivity index (χ2n) is 5.95. The van der Waals surface area contributed by atoms with E-state index in [1.165, 1.54) is 28.4 Å². The maximum atomic E-state index is 13.8. The van der Waals surface area contributed by atoms with E-state index >= 15 is 0 Å². The van der Waals surface area contributed by atoms with Crippen molar-refractivity contribution in [3.05, 3.63) is 41.6 Å². The first-order valence-electron chi connectivity index (χ1n) is 8.43. The van der Waals surface area contributed by atoms with Crippen molar-refractivity contribution in [2.24, 2.45) is 0 Å². The minimum Gasteiger partial charge on any atom is -0.469 e. The first-order chi connectivity index (χ1) is 13.1. The average molecular weight is 369 g/mol. The van der Waals surface area contributed by atoms with Crippen molar-refractivity contribution in [1.82, 2.24) is 34.6 Å². The largest absolute Gasteiger partial charge is 0.469 e. The lowest BCUT2D eigenvalue weighted by atomic mass is 10.3. The van der Waals surface area contributed by atoms with Gasteiger partial charge in [-0.05, 0) is 24.6 Å². The molecule has 27 heavy (non-hydrogen) atoms. The molecule has 0 amide bonds. The number of aryl methyl sites for hydroxylation is 1. The third-order valence-corrected chi connectivity index (χ3v) is 4.05. The lowest BCUT2D eigenvalue weighted by Crippen LogP contribution is -2.06. The zero-order chi connectivity index (χ0) is 19.0. The monoisotopic (exact) mass is 369 g/mol. The molecule has 4 aromatic rings. The second-order valence-corrected chi connectivity index (χ2v) is 5.95. The number of methoxy groups -OCH3 is 1. The van der Waals surface area contributed by atoms with Crippen LogP contribution in [0, 0.1) is 5.82 Å². The Bertz CT molecular complexity index is 1150. The number of halogens is 1. The molecule has 0 bridgehead atoms. The molecule has 0 aliphatic heterocycles. The molecule has 0 unspecified atom stereocenters.